The Bertz CT molecular complexity index is 594. The van der Waals surface area contributed by atoms with Crippen LogP contribution in [0, 0.1) is 6.92 Å². The number of imidazole rings is 1. The lowest BCUT2D eigenvalue weighted by molar-refractivity contribution is 0.286. The number of hydrogen-bond donors (Lipinski definition) is 1. The zero-order chi connectivity index (χ0) is 13.2. The lowest BCUT2D eigenvalue weighted by atomic mass is 10.2. The van der Waals surface area contributed by atoms with Gasteiger partial charge in [-0.2, -0.15) is 0 Å². The Labute approximate surface area is 120 Å². The van der Waals surface area contributed by atoms with Crippen LogP contribution in [0.25, 0.3) is 0 Å². The monoisotopic (exact) mass is 321 g/mol. The summed E-state index contributed by atoms with van der Waals surface area (Å²) in [4.78, 5) is 4.53. The molecule has 100 valence electrons. The smallest absolute Gasteiger partial charge is 0.149 e. The van der Waals surface area contributed by atoms with Crippen LogP contribution in [0.3, 0.4) is 0 Å². The van der Waals surface area contributed by atoms with Crippen molar-refractivity contribution in [3.05, 3.63) is 40.3 Å². The number of nitrogens with one attached hydrogen (secondary N) is 1. The van der Waals surface area contributed by atoms with Gasteiger partial charge >= 0.3 is 0 Å². The number of hydrogen-bond acceptors (Lipinski definition) is 3. The molecule has 1 aromatic carbocycles. The third kappa shape index (κ3) is 2.47. The molecule has 0 spiro atoms. The van der Waals surface area contributed by atoms with Crippen molar-refractivity contribution in [2.75, 3.05) is 11.9 Å². The molecule has 0 saturated carbocycles. The van der Waals surface area contributed by atoms with Crippen LogP contribution in [0.4, 0.5) is 5.82 Å². The van der Waals surface area contributed by atoms with Crippen LogP contribution >= 0.6 is 15.9 Å². The van der Waals surface area contributed by atoms with Crippen LogP contribution in [-0.4, -0.2) is 16.1 Å². The molecule has 0 saturated heterocycles. The molecule has 0 aliphatic carbocycles. The van der Waals surface area contributed by atoms with Crippen molar-refractivity contribution in [3.63, 3.8) is 0 Å². The average Bonchev–Trinajstić information content (AvgIpc) is 2.75. The van der Waals surface area contributed by atoms with Gasteiger partial charge in [0.25, 0.3) is 0 Å². The first-order valence-electron chi connectivity index (χ1n) is 6.43. The topological polar surface area (TPSA) is 39.1 Å². The highest BCUT2D eigenvalue weighted by molar-refractivity contribution is 9.10. The first-order chi connectivity index (χ1) is 9.25. The van der Waals surface area contributed by atoms with Gasteiger partial charge in [0.15, 0.2) is 0 Å². The van der Waals surface area contributed by atoms with E-state index in [-0.39, 0.29) is 0 Å². The van der Waals surface area contributed by atoms with Crippen molar-refractivity contribution >= 4 is 21.7 Å². The van der Waals surface area contributed by atoms with Gasteiger partial charge in [0.05, 0.1) is 0 Å². The summed E-state index contributed by atoms with van der Waals surface area (Å²) in [5.74, 6) is 2.94. The molecule has 0 atom stereocenters. The summed E-state index contributed by atoms with van der Waals surface area (Å²) in [5, 5.41) is 3.36. The van der Waals surface area contributed by atoms with Gasteiger partial charge in [-0.05, 0) is 40.9 Å². The average molecular weight is 322 g/mol. The predicted octanol–water partition coefficient (Wildman–Crippen LogP) is 3.35. The molecule has 0 fully saturated rings. The van der Waals surface area contributed by atoms with Crippen LogP contribution in [0.1, 0.15) is 17.8 Å². The molecular formula is C14H16BrN3O. The molecule has 0 bridgehead atoms. The van der Waals surface area contributed by atoms with Crippen molar-refractivity contribution < 1.29 is 4.74 Å². The Morgan fingerprint density at radius 1 is 1.42 bits per heavy atom. The van der Waals surface area contributed by atoms with Crippen LogP contribution in [-0.2, 0) is 13.2 Å². The molecule has 0 radical (unpaired) electrons. The lowest BCUT2D eigenvalue weighted by Gasteiger charge is -2.18. The maximum absolute atomic E-state index is 5.87. The number of fused-ring (bicyclic) bond motifs is 1. The molecule has 0 amide bonds. The summed E-state index contributed by atoms with van der Waals surface area (Å²) in [5.41, 5.74) is 1.14. The van der Waals surface area contributed by atoms with Gasteiger partial charge in [-0.15, -0.1) is 0 Å². The Balaban J connectivity index is 1.79. The van der Waals surface area contributed by atoms with E-state index in [9.17, 15) is 0 Å². The molecule has 1 aromatic heterocycles. The number of benzene rings is 1. The number of aryl methyl sites for hydroxylation is 1. The highest BCUT2D eigenvalue weighted by atomic mass is 79.9. The van der Waals surface area contributed by atoms with E-state index in [0.717, 1.165) is 47.1 Å². The maximum atomic E-state index is 5.87. The van der Waals surface area contributed by atoms with Gasteiger partial charge in [-0.3, -0.25) is 0 Å². The molecule has 5 heteroatoms. The molecule has 4 nitrogen and oxygen atoms in total. The molecule has 3 rings (SSSR count). The summed E-state index contributed by atoms with van der Waals surface area (Å²) in [6.07, 6.45) is 1.12. The molecule has 2 heterocycles. The van der Waals surface area contributed by atoms with E-state index in [1.54, 1.807) is 0 Å². The number of aromatic nitrogens is 2. The van der Waals surface area contributed by atoms with Crippen molar-refractivity contribution in [3.8, 4) is 5.75 Å². The molecule has 1 aliphatic heterocycles. The SMILES string of the molecule is Cc1ccccc1OCc1nc(Br)c2n1CCCN2. The summed E-state index contributed by atoms with van der Waals surface area (Å²) in [6, 6.07) is 8.04. The van der Waals surface area contributed by atoms with Gasteiger partial charge < -0.3 is 14.6 Å². The Morgan fingerprint density at radius 2 is 2.26 bits per heavy atom. The third-order valence-corrected chi connectivity index (χ3v) is 3.86. The van der Waals surface area contributed by atoms with E-state index in [1.165, 1.54) is 0 Å². The van der Waals surface area contributed by atoms with Crippen LogP contribution in [0.15, 0.2) is 28.9 Å². The van der Waals surface area contributed by atoms with Gasteiger partial charge in [-0.25, -0.2) is 4.98 Å². The number of nitrogens with zero attached hydrogens (tertiary/aromatic N) is 2. The van der Waals surface area contributed by atoms with Gasteiger partial charge in [0.1, 0.15) is 28.6 Å². The standard InChI is InChI=1S/C14H16BrN3O/c1-10-5-2-3-6-11(10)19-9-12-17-13(15)14-16-7-4-8-18(12)14/h2-3,5-6,16H,4,7-9H2,1H3. The number of anilines is 1. The summed E-state index contributed by atoms with van der Waals surface area (Å²) < 4.78 is 8.93. The number of rotatable bonds is 3. The Kier molecular flexibility index (Phi) is 3.46. The molecular weight excluding hydrogens is 306 g/mol. The summed E-state index contributed by atoms with van der Waals surface area (Å²) >= 11 is 3.49. The first kappa shape index (κ1) is 12.5. The van der Waals surface area contributed by atoms with E-state index in [0.29, 0.717) is 6.61 Å². The fraction of sp³-hybridized carbons (Fsp3) is 0.357. The number of halogens is 1. The molecule has 1 N–H and O–H groups in total. The summed E-state index contributed by atoms with van der Waals surface area (Å²) in [6.45, 7) is 4.54. The Hall–Kier alpha value is -1.49. The second-order valence-corrected chi connectivity index (χ2v) is 5.40. The summed E-state index contributed by atoms with van der Waals surface area (Å²) in [7, 11) is 0. The normalized spacial score (nSPS) is 13.8. The molecule has 1 aliphatic rings. The van der Waals surface area contributed by atoms with E-state index >= 15 is 0 Å². The van der Waals surface area contributed by atoms with Crippen molar-refractivity contribution in [1.82, 2.24) is 9.55 Å². The molecule has 2 aromatic rings. The van der Waals surface area contributed by atoms with Crippen LogP contribution in [0.5, 0.6) is 5.75 Å². The largest absolute Gasteiger partial charge is 0.485 e. The molecule has 0 unspecified atom stereocenters. The zero-order valence-electron chi connectivity index (χ0n) is 10.8. The number of para-hydroxylation sites is 1. The highest BCUT2D eigenvalue weighted by Gasteiger charge is 2.18. The third-order valence-electron chi connectivity index (χ3n) is 3.31. The zero-order valence-corrected chi connectivity index (χ0v) is 12.4. The fourth-order valence-electron chi connectivity index (χ4n) is 2.29. The van der Waals surface area contributed by atoms with E-state index in [2.05, 4.69) is 30.8 Å². The quantitative estimate of drug-likeness (QED) is 0.942. The first-order valence-corrected chi connectivity index (χ1v) is 7.22. The minimum atomic E-state index is 0.491. The maximum Gasteiger partial charge on any atom is 0.149 e. The van der Waals surface area contributed by atoms with Crippen LogP contribution < -0.4 is 10.1 Å². The Morgan fingerprint density at radius 3 is 3.11 bits per heavy atom. The fourth-order valence-corrected chi connectivity index (χ4v) is 2.85. The van der Waals surface area contributed by atoms with Crippen molar-refractivity contribution in [2.24, 2.45) is 0 Å². The van der Waals surface area contributed by atoms with E-state index in [1.807, 2.05) is 31.2 Å². The molecule has 19 heavy (non-hydrogen) atoms. The second kappa shape index (κ2) is 5.25. The van der Waals surface area contributed by atoms with Crippen LogP contribution in [0.2, 0.25) is 0 Å². The van der Waals surface area contributed by atoms with Gasteiger partial charge in [0.2, 0.25) is 0 Å². The van der Waals surface area contributed by atoms with E-state index in [4.69, 9.17) is 4.74 Å². The van der Waals surface area contributed by atoms with Crippen molar-refractivity contribution in [1.29, 1.82) is 0 Å². The highest BCUT2D eigenvalue weighted by Crippen LogP contribution is 2.27. The van der Waals surface area contributed by atoms with Gasteiger partial charge in [0, 0.05) is 13.1 Å². The second-order valence-electron chi connectivity index (χ2n) is 4.65. The lowest BCUT2D eigenvalue weighted by Crippen LogP contribution is -2.19. The number of ether oxygens (including phenoxy) is 1. The predicted molar refractivity (Wildman–Crippen MR) is 78.5 cm³/mol. The minimum absolute atomic E-state index is 0.491. The van der Waals surface area contributed by atoms with Crippen molar-refractivity contribution in [2.45, 2.75) is 26.5 Å². The van der Waals surface area contributed by atoms with E-state index < -0.39 is 0 Å². The minimum Gasteiger partial charge on any atom is -0.485 e. The van der Waals surface area contributed by atoms with Gasteiger partial charge in [-0.1, -0.05) is 18.2 Å².